The molecule has 0 unspecified atom stereocenters. The number of carbonyl (C=O) groups is 4. The van der Waals surface area contributed by atoms with Crippen LogP contribution in [0.4, 0.5) is 21.9 Å². The van der Waals surface area contributed by atoms with Crippen LogP contribution >= 0.6 is 23.2 Å². The predicted molar refractivity (Wildman–Crippen MR) is 179 cm³/mol. The Morgan fingerprint density at radius 1 is 0.822 bits per heavy atom. The van der Waals surface area contributed by atoms with Gasteiger partial charge in [-0.15, -0.1) is 0 Å². The molecule has 0 radical (unpaired) electrons. The Morgan fingerprint density at radius 3 is 2.04 bits per heavy atom. The summed E-state index contributed by atoms with van der Waals surface area (Å²) in [5.41, 5.74) is 3.39. The second-order valence-electron chi connectivity index (χ2n) is 11.1. The maximum atomic E-state index is 13.1. The molecule has 1 heterocycles. The van der Waals surface area contributed by atoms with Crippen LogP contribution in [0, 0.1) is 0 Å². The molecule has 1 saturated heterocycles. The van der Waals surface area contributed by atoms with Gasteiger partial charge in [-0.25, -0.2) is 4.79 Å². The normalized spacial score (nSPS) is 12.8. The summed E-state index contributed by atoms with van der Waals surface area (Å²) in [6, 6.07) is 20.3. The monoisotopic (exact) mass is 652 g/mol. The van der Waals surface area contributed by atoms with E-state index >= 15 is 0 Å². The largest absolute Gasteiger partial charge is 0.368 e. The molecule has 0 atom stereocenters. The van der Waals surface area contributed by atoms with E-state index in [0.717, 1.165) is 24.2 Å². The lowest BCUT2D eigenvalue weighted by atomic mass is 10.1. The van der Waals surface area contributed by atoms with Gasteiger partial charge in [-0.05, 0) is 54.8 Å². The van der Waals surface area contributed by atoms with E-state index in [0.29, 0.717) is 32.6 Å². The second-order valence-corrected chi connectivity index (χ2v) is 11.9. The fourth-order valence-corrected chi connectivity index (χ4v) is 5.46. The molecule has 3 aromatic carbocycles. The molecular formula is C33H38Cl2N6O4. The smallest absolute Gasteiger partial charge is 0.322 e. The summed E-state index contributed by atoms with van der Waals surface area (Å²) in [5, 5.41) is 5.97. The van der Waals surface area contributed by atoms with Gasteiger partial charge in [0.15, 0.2) is 0 Å². The van der Waals surface area contributed by atoms with Crippen molar-refractivity contribution in [2.24, 2.45) is 0 Å². The first kappa shape index (κ1) is 33.6. The SMILES string of the molecule is CN(C)C(=O)CN(C)C(=O)c1cc(Cl)c(NC(=O)N2CCN(c3ccc(NC(=O)CCCc4ccccc4)cc3)CC2)c(Cl)c1. The molecule has 1 aliphatic heterocycles. The molecule has 3 aromatic rings. The van der Waals surface area contributed by atoms with Gasteiger partial charge >= 0.3 is 6.03 Å². The Labute approximate surface area is 273 Å². The van der Waals surface area contributed by atoms with E-state index in [1.54, 1.807) is 19.0 Å². The predicted octanol–water partition coefficient (Wildman–Crippen LogP) is 5.47. The maximum Gasteiger partial charge on any atom is 0.322 e. The summed E-state index contributed by atoms with van der Waals surface area (Å²) in [7, 11) is 4.74. The first-order chi connectivity index (χ1) is 21.5. The summed E-state index contributed by atoms with van der Waals surface area (Å²) < 4.78 is 0. The molecule has 1 aliphatic rings. The molecule has 12 heteroatoms. The number of benzene rings is 3. The fourth-order valence-electron chi connectivity index (χ4n) is 4.88. The van der Waals surface area contributed by atoms with Crippen LogP contribution in [-0.4, -0.2) is 92.3 Å². The first-order valence-corrected chi connectivity index (χ1v) is 15.5. The third-order valence-corrected chi connectivity index (χ3v) is 8.13. The van der Waals surface area contributed by atoms with E-state index < -0.39 is 5.91 Å². The Hall–Kier alpha value is -4.28. The minimum absolute atomic E-state index is 0.0106. The van der Waals surface area contributed by atoms with E-state index in [2.05, 4.69) is 27.7 Å². The van der Waals surface area contributed by atoms with Crippen LogP contribution in [0.2, 0.25) is 10.0 Å². The lowest BCUT2D eigenvalue weighted by Gasteiger charge is -2.36. The minimum atomic E-state index is -0.419. The van der Waals surface area contributed by atoms with Gasteiger partial charge in [-0.2, -0.15) is 0 Å². The van der Waals surface area contributed by atoms with Crippen LogP contribution < -0.4 is 15.5 Å². The third-order valence-electron chi connectivity index (χ3n) is 7.53. The van der Waals surface area contributed by atoms with Gasteiger partial charge in [-0.1, -0.05) is 53.5 Å². The van der Waals surface area contributed by atoms with Crippen LogP contribution in [0.1, 0.15) is 28.8 Å². The topological polar surface area (TPSA) is 105 Å². The summed E-state index contributed by atoms with van der Waals surface area (Å²) in [6.45, 7) is 2.09. The van der Waals surface area contributed by atoms with Crippen molar-refractivity contribution in [2.75, 3.05) is 69.4 Å². The second kappa shape index (κ2) is 15.6. The number of likely N-dealkylation sites (N-methyl/N-ethyl adjacent to an activating group) is 2. The van der Waals surface area contributed by atoms with Crippen molar-refractivity contribution in [1.29, 1.82) is 0 Å². The lowest BCUT2D eigenvalue weighted by molar-refractivity contribution is -0.129. The summed E-state index contributed by atoms with van der Waals surface area (Å²) in [5.74, 6) is -0.654. The fraction of sp³-hybridized carbons (Fsp3) is 0.333. The Bertz CT molecular complexity index is 1490. The van der Waals surface area contributed by atoms with Crippen molar-refractivity contribution in [3.05, 3.63) is 87.9 Å². The summed E-state index contributed by atoms with van der Waals surface area (Å²) >= 11 is 12.8. The average molecular weight is 654 g/mol. The number of hydrogen-bond acceptors (Lipinski definition) is 5. The molecule has 2 N–H and O–H groups in total. The zero-order chi connectivity index (χ0) is 32.5. The number of piperazine rings is 1. The quantitative estimate of drug-likeness (QED) is 0.302. The highest BCUT2D eigenvalue weighted by Crippen LogP contribution is 2.33. The number of aryl methyl sites for hydroxylation is 1. The highest BCUT2D eigenvalue weighted by Gasteiger charge is 2.24. The van der Waals surface area contributed by atoms with E-state index in [-0.39, 0.29) is 45.7 Å². The Kier molecular flexibility index (Phi) is 11.7. The van der Waals surface area contributed by atoms with Crippen molar-refractivity contribution < 1.29 is 19.2 Å². The number of nitrogens with one attached hydrogen (secondary N) is 2. The third kappa shape index (κ3) is 9.36. The highest BCUT2D eigenvalue weighted by molar-refractivity contribution is 6.40. The minimum Gasteiger partial charge on any atom is -0.368 e. The zero-order valence-corrected chi connectivity index (χ0v) is 27.2. The van der Waals surface area contributed by atoms with Gasteiger partial charge < -0.3 is 30.2 Å². The summed E-state index contributed by atoms with van der Waals surface area (Å²) in [4.78, 5) is 56.7. The van der Waals surface area contributed by atoms with Crippen molar-refractivity contribution in [2.45, 2.75) is 19.3 Å². The van der Waals surface area contributed by atoms with Crippen LogP contribution in [0.3, 0.4) is 0 Å². The van der Waals surface area contributed by atoms with E-state index in [9.17, 15) is 19.2 Å². The Morgan fingerprint density at radius 2 is 1.44 bits per heavy atom. The van der Waals surface area contributed by atoms with Crippen LogP contribution in [-0.2, 0) is 16.0 Å². The number of rotatable bonds is 10. The average Bonchev–Trinajstić information content (AvgIpc) is 3.03. The molecular weight excluding hydrogens is 615 g/mol. The standard InChI is InChI=1S/C33H38Cl2N6O4/c1-38(2)30(43)22-39(3)32(44)24-20-27(34)31(28(35)21-24)37-33(45)41-18-16-40(17-19-41)26-14-12-25(13-15-26)36-29(42)11-7-10-23-8-5-4-6-9-23/h4-6,8-9,12-15,20-21H,7,10-11,16-19,22H2,1-3H3,(H,36,42)(H,37,45). The zero-order valence-electron chi connectivity index (χ0n) is 25.7. The molecule has 45 heavy (non-hydrogen) atoms. The molecule has 0 bridgehead atoms. The number of hydrogen-bond donors (Lipinski definition) is 2. The molecule has 0 aromatic heterocycles. The number of amides is 5. The highest BCUT2D eigenvalue weighted by atomic mass is 35.5. The molecule has 5 amide bonds. The van der Waals surface area contributed by atoms with Crippen molar-refractivity contribution in [1.82, 2.24) is 14.7 Å². The molecule has 0 spiro atoms. The molecule has 0 aliphatic carbocycles. The summed E-state index contributed by atoms with van der Waals surface area (Å²) in [6.07, 6.45) is 2.10. The Balaban J connectivity index is 1.25. The van der Waals surface area contributed by atoms with Gasteiger partial charge in [0.2, 0.25) is 11.8 Å². The first-order valence-electron chi connectivity index (χ1n) is 14.7. The van der Waals surface area contributed by atoms with Crippen molar-refractivity contribution >= 4 is 64.0 Å². The van der Waals surface area contributed by atoms with Crippen molar-refractivity contribution in [3.63, 3.8) is 0 Å². The van der Waals surface area contributed by atoms with E-state index in [1.165, 1.54) is 34.5 Å². The van der Waals surface area contributed by atoms with Gasteiger partial charge in [0, 0.05) is 70.7 Å². The maximum absolute atomic E-state index is 13.1. The van der Waals surface area contributed by atoms with E-state index in [4.69, 9.17) is 23.2 Å². The molecule has 4 rings (SSSR count). The number of anilines is 3. The molecule has 238 valence electrons. The number of carbonyl (C=O) groups excluding carboxylic acids is 4. The van der Waals surface area contributed by atoms with Crippen molar-refractivity contribution in [3.8, 4) is 0 Å². The lowest BCUT2D eigenvalue weighted by Crippen LogP contribution is -2.50. The van der Waals surface area contributed by atoms with Crippen LogP contribution in [0.25, 0.3) is 0 Å². The van der Waals surface area contributed by atoms with Gasteiger partial charge in [0.05, 0.1) is 22.3 Å². The van der Waals surface area contributed by atoms with E-state index in [1.807, 2.05) is 42.5 Å². The van der Waals surface area contributed by atoms with Gasteiger partial charge in [0.25, 0.3) is 5.91 Å². The molecule has 10 nitrogen and oxygen atoms in total. The number of urea groups is 1. The van der Waals surface area contributed by atoms with Gasteiger partial charge in [-0.3, -0.25) is 14.4 Å². The van der Waals surface area contributed by atoms with Crippen LogP contribution in [0.15, 0.2) is 66.7 Å². The van der Waals surface area contributed by atoms with Crippen LogP contribution in [0.5, 0.6) is 0 Å². The molecule has 1 fully saturated rings. The number of halogens is 2. The molecule has 0 saturated carbocycles. The number of nitrogens with zero attached hydrogens (tertiary/aromatic N) is 4. The van der Waals surface area contributed by atoms with Gasteiger partial charge in [0.1, 0.15) is 0 Å².